The summed E-state index contributed by atoms with van der Waals surface area (Å²) < 4.78 is 1.46. The van der Waals surface area contributed by atoms with Crippen LogP contribution in [0, 0.1) is 0 Å². The molecule has 2 saturated heterocycles. The number of hydrogen-bond acceptors (Lipinski definition) is 5. The van der Waals surface area contributed by atoms with Crippen molar-refractivity contribution >= 4 is 67.8 Å². The molecule has 0 aliphatic carbocycles. The van der Waals surface area contributed by atoms with Crippen LogP contribution in [0.25, 0.3) is 6.08 Å². The number of para-hydroxylation sites is 1. The van der Waals surface area contributed by atoms with Gasteiger partial charge in [-0.05, 0) is 35.9 Å². The normalized spacial score (nSPS) is 18.2. The molecule has 2 amide bonds. The number of amides is 2. The summed E-state index contributed by atoms with van der Waals surface area (Å²) >= 11 is 10.1. The fourth-order valence-electron chi connectivity index (χ4n) is 3.66. The van der Waals surface area contributed by atoms with Gasteiger partial charge in [-0.2, -0.15) is 0 Å². The molecule has 0 unspecified atom stereocenters. The second kappa shape index (κ2) is 9.97. The molecule has 2 aliphatic heterocycles. The van der Waals surface area contributed by atoms with Crippen LogP contribution in [0.4, 0.5) is 5.69 Å². The maximum Gasteiger partial charge on any atom is 0.266 e. The van der Waals surface area contributed by atoms with E-state index in [9.17, 15) is 9.59 Å². The molecule has 2 heterocycles. The molecule has 8 heteroatoms. The van der Waals surface area contributed by atoms with Crippen molar-refractivity contribution in [3.63, 3.8) is 0 Å². The van der Waals surface area contributed by atoms with E-state index in [0.29, 0.717) is 28.9 Å². The third-order valence-corrected chi connectivity index (χ3v) is 7.19. The largest absolute Gasteiger partial charge is 0.368 e. The first-order valence-corrected chi connectivity index (χ1v) is 12.1. The van der Waals surface area contributed by atoms with E-state index in [2.05, 4.69) is 33.0 Å². The molecule has 0 atom stereocenters. The standard InChI is InChI=1S/C23H22BrN3O2S2/c24-18-6-4-5-17(15-18)16-20-22(29)27(23(30)31-20)10-9-21(28)26-13-11-25(12-14-26)19-7-2-1-3-8-19/h1-8,15-16H,9-14H2/b20-16+. The van der Waals surface area contributed by atoms with Crippen LogP contribution in [0.15, 0.2) is 64.0 Å². The second-order valence-electron chi connectivity index (χ2n) is 7.34. The Labute approximate surface area is 200 Å². The van der Waals surface area contributed by atoms with E-state index in [1.807, 2.05) is 53.4 Å². The summed E-state index contributed by atoms with van der Waals surface area (Å²) in [6.45, 7) is 3.32. The Morgan fingerprint density at radius 1 is 1.06 bits per heavy atom. The topological polar surface area (TPSA) is 43.9 Å². The Morgan fingerprint density at radius 3 is 2.52 bits per heavy atom. The van der Waals surface area contributed by atoms with Crippen molar-refractivity contribution in [3.05, 3.63) is 69.5 Å². The molecule has 2 aromatic carbocycles. The van der Waals surface area contributed by atoms with E-state index in [1.165, 1.54) is 17.4 Å². The van der Waals surface area contributed by atoms with Crippen LogP contribution < -0.4 is 4.90 Å². The lowest BCUT2D eigenvalue weighted by molar-refractivity contribution is -0.132. The van der Waals surface area contributed by atoms with Gasteiger partial charge in [0.15, 0.2) is 0 Å². The first kappa shape index (κ1) is 22.0. The highest BCUT2D eigenvalue weighted by atomic mass is 79.9. The third-order valence-electron chi connectivity index (χ3n) is 5.32. The van der Waals surface area contributed by atoms with Gasteiger partial charge < -0.3 is 9.80 Å². The Kier molecular flexibility index (Phi) is 7.09. The molecule has 5 nitrogen and oxygen atoms in total. The molecule has 0 N–H and O–H groups in total. The molecule has 160 valence electrons. The van der Waals surface area contributed by atoms with Crippen LogP contribution in [0.2, 0.25) is 0 Å². The minimum absolute atomic E-state index is 0.0673. The van der Waals surface area contributed by atoms with Gasteiger partial charge in [0.25, 0.3) is 5.91 Å². The minimum Gasteiger partial charge on any atom is -0.368 e. The number of thioether (sulfide) groups is 1. The SMILES string of the molecule is O=C(CCN1C(=O)/C(=C\c2cccc(Br)c2)SC1=S)N1CCN(c2ccccc2)CC1. The average Bonchev–Trinajstić information content (AvgIpc) is 3.05. The molecule has 2 fully saturated rings. The first-order chi connectivity index (χ1) is 15.0. The van der Waals surface area contributed by atoms with Crippen molar-refractivity contribution in [3.8, 4) is 0 Å². The molecule has 4 rings (SSSR count). The predicted octanol–water partition coefficient (Wildman–Crippen LogP) is 4.39. The van der Waals surface area contributed by atoms with Gasteiger partial charge in [-0.15, -0.1) is 0 Å². The lowest BCUT2D eigenvalue weighted by atomic mass is 10.2. The molecular formula is C23H22BrN3O2S2. The maximum atomic E-state index is 12.8. The van der Waals surface area contributed by atoms with Crippen LogP contribution in [-0.2, 0) is 9.59 Å². The third kappa shape index (κ3) is 5.37. The Balaban J connectivity index is 1.30. The number of piperazine rings is 1. The van der Waals surface area contributed by atoms with Gasteiger partial charge in [-0.3, -0.25) is 14.5 Å². The number of rotatable bonds is 5. The molecule has 2 aliphatic rings. The van der Waals surface area contributed by atoms with Crippen LogP contribution in [0.3, 0.4) is 0 Å². The summed E-state index contributed by atoms with van der Waals surface area (Å²) in [6.07, 6.45) is 2.12. The van der Waals surface area contributed by atoms with Crippen LogP contribution in [0.1, 0.15) is 12.0 Å². The highest BCUT2D eigenvalue weighted by Gasteiger charge is 2.32. The Morgan fingerprint density at radius 2 is 1.81 bits per heavy atom. The van der Waals surface area contributed by atoms with Crippen molar-refractivity contribution in [1.29, 1.82) is 0 Å². The number of carbonyl (C=O) groups excluding carboxylic acids is 2. The number of benzene rings is 2. The molecule has 31 heavy (non-hydrogen) atoms. The number of halogens is 1. The van der Waals surface area contributed by atoms with Gasteiger partial charge in [-0.1, -0.05) is 70.2 Å². The fraction of sp³-hybridized carbons (Fsp3) is 0.261. The minimum atomic E-state index is -0.128. The number of hydrogen-bond donors (Lipinski definition) is 0. The van der Waals surface area contributed by atoms with Crippen molar-refractivity contribution in [1.82, 2.24) is 9.80 Å². The number of nitrogens with zero attached hydrogens (tertiary/aromatic N) is 3. The van der Waals surface area contributed by atoms with Crippen molar-refractivity contribution in [2.45, 2.75) is 6.42 Å². The summed E-state index contributed by atoms with van der Waals surface area (Å²) in [6, 6.07) is 18.0. The van der Waals surface area contributed by atoms with E-state index in [1.54, 1.807) is 4.90 Å². The van der Waals surface area contributed by atoms with E-state index in [4.69, 9.17) is 12.2 Å². The van der Waals surface area contributed by atoms with Crippen molar-refractivity contribution in [2.24, 2.45) is 0 Å². The van der Waals surface area contributed by atoms with E-state index in [-0.39, 0.29) is 18.2 Å². The summed E-state index contributed by atoms with van der Waals surface area (Å²) in [4.78, 5) is 31.8. The Bertz CT molecular complexity index is 1020. The van der Waals surface area contributed by atoms with E-state index >= 15 is 0 Å². The predicted molar refractivity (Wildman–Crippen MR) is 134 cm³/mol. The molecular weight excluding hydrogens is 494 g/mol. The quantitative estimate of drug-likeness (QED) is 0.436. The highest BCUT2D eigenvalue weighted by Crippen LogP contribution is 2.33. The average molecular weight is 516 g/mol. The van der Waals surface area contributed by atoms with Crippen LogP contribution in [0.5, 0.6) is 0 Å². The monoisotopic (exact) mass is 515 g/mol. The fourth-order valence-corrected chi connectivity index (χ4v) is 5.38. The highest BCUT2D eigenvalue weighted by molar-refractivity contribution is 9.10. The smallest absolute Gasteiger partial charge is 0.266 e. The van der Waals surface area contributed by atoms with Crippen molar-refractivity contribution in [2.75, 3.05) is 37.6 Å². The lowest BCUT2D eigenvalue weighted by Crippen LogP contribution is -2.49. The lowest BCUT2D eigenvalue weighted by Gasteiger charge is -2.36. The molecule has 2 aromatic rings. The second-order valence-corrected chi connectivity index (χ2v) is 9.93. The van der Waals surface area contributed by atoms with Gasteiger partial charge in [0.2, 0.25) is 5.91 Å². The van der Waals surface area contributed by atoms with Gasteiger partial charge in [0.1, 0.15) is 4.32 Å². The number of thiocarbonyl (C=S) groups is 1. The van der Waals surface area contributed by atoms with Crippen LogP contribution in [-0.4, -0.2) is 58.7 Å². The first-order valence-electron chi connectivity index (χ1n) is 10.1. The zero-order valence-corrected chi connectivity index (χ0v) is 20.1. The molecule has 0 radical (unpaired) electrons. The zero-order chi connectivity index (χ0) is 21.8. The molecule has 0 saturated carbocycles. The summed E-state index contributed by atoms with van der Waals surface area (Å²) in [5.74, 6) is -0.0607. The summed E-state index contributed by atoms with van der Waals surface area (Å²) in [5.41, 5.74) is 2.12. The van der Waals surface area contributed by atoms with Gasteiger partial charge >= 0.3 is 0 Å². The van der Waals surface area contributed by atoms with E-state index in [0.717, 1.165) is 23.1 Å². The van der Waals surface area contributed by atoms with Gasteiger partial charge in [0, 0.05) is 49.3 Å². The van der Waals surface area contributed by atoms with Crippen LogP contribution >= 0.6 is 39.9 Å². The maximum absolute atomic E-state index is 12.8. The van der Waals surface area contributed by atoms with Gasteiger partial charge in [0.05, 0.1) is 4.91 Å². The Hall–Kier alpha value is -2.16. The molecule has 0 aromatic heterocycles. The molecule has 0 bridgehead atoms. The van der Waals surface area contributed by atoms with E-state index < -0.39 is 0 Å². The summed E-state index contributed by atoms with van der Waals surface area (Å²) in [7, 11) is 0. The number of anilines is 1. The number of carbonyl (C=O) groups is 2. The van der Waals surface area contributed by atoms with Crippen molar-refractivity contribution < 1.29 is 9.59 Å². The van der Waals surface area contributed by atoms with Gasteiger partial charge in [-0.25, -0.2) is 0 Å². The zero-order valence-electron chi connectivity index (χ0n) is 16.9. The summed E-state index contributed by atoms with van der Waals surface area (Å²) in [5, 5.41) is 0. The molecule has 0 spiro atoms.